The van der Waals surface area contributed by atoms with E-state index in [1.807, 2.05) is 13.8 Å². The first kappa shape index (κ1) is 12.9. The standard InChI is InChI=1S/C12H16BrFN2O/c1-12(2)10(9(17)3-4-16-12)11-8(14)5-7(13)6-15-11/h5-6,9-10,16-17H,3-4H2,1-2H3. The highest BCUT2D eigenvalue weighted by Crippen LogP contribution is 2.36. The lowest BCUT2D eigenvalue weighted by molar-refractivity contribution is 0.0588. The van der Waals surface area contributed by atoms with Gasteiger partial charge in [-0.3, -0.25) is 4.98 Å². The quantitative estimate of drug-likeness (QED) is 0.836. The van der Waals surface area contributed by atoms with Crippen LogP contribution in [0.4, 0.5) is 4.39 Å². The van der Waals surface area contributed by atoms with E-state index in [2.05, 4.69) is 26.2 Å². The summed E-state index contributed by atoms with van der Waals surface area (Å²) in [5.74, 6) is -0.704. The predicted octanol–water partition coefficient (Wildman–Crippen LogP) is 2.20. The Hall–Kier alpha value is -0.520. The second-order valence-electron chi connectivity index (χ2n) is 5.00. The fourth-order valence-corrected chi connectivity index (χ4v) is 2.78. The van der Waals surface area contributed by atoms with Crippen LogP contribution in [-0.4, -0.2) is 28.3 Å². The molecule has 1 saturated heterocycles. The lowest BCUT2D eigenvalue weighted by Crippen LogP contribution is -2.54. The second-order valence-corrected chi connectivity index (χ2v) is 5.92. The molecule has 1 aromatic heterocycles. The number of rotatable bonds is 1. The number of aliphatic hydroxyl groups excluding tert-OH is 1. The van der Waals surface area contributed by atoms with Crippen LogP contribution >= 0.6 is 15.9 Å². The van der Waals surface area contributed by atoms with Crippen molar-refractivity contribution in [2.75, 3.05) is 6.54 Å². The minimum atomic E-state index is -0.561. The van der Waals surface area contributed by atoms with Crippen LogP contribution in [0, 0.1) is 5.82 Å². The summed E-state index contributed by atoms with van der Waals surface area (Å²) in [6.45, 7) is 4.66. The Bertz CT molecular complexity index is 425. The molecule has 2 heterocycles. The normalized spacial score (nSPS) is 28.1. The summed E-state index contributed by atoms with van der Waals surface area (Å²) in [4.78, 5) is 4.13. The summed E-state index contributed by atoms with van der Waals surface area (Å²) in [5, 5.41) is 13.4. The van der Waals surface area contributed by atoms with E-state index in [9.17, 15) is 9.50 Å². The van der Waals surface area contributed by atoms with Crippen LogP contribution in [0.25, 0.3) is 0 Å². The van der Waals surface area contributed by atoms with Crippen molar-refractivity contribution in [3.05, 3.63) is 28.2 Å². The lowest BCUT2D eigenvalue weighted by Gasteiger charge is -2.42. The summed E-state index contributed by atoms with van der Waals surface area (Å²) in [7, 11) is 0. The van der Waals surface area contributed by atoms with E-state index in [0.717, 1.165) is 6.54 Å². The number of nitrogens with one attached hydrogen (secondary N) is 1. The Morgan fingerprint density at radius 3 is 2.88 bits per heavy atom. The first-order valence-electron chi connectivity index (χ1n) is 5.66. The number of halogens is 2. The molecule has 17 heavy (non-hydrogen) atoms. The summed E-state index contributed by atoms with van der Waals surface area (Å²) < 4.78 is 14.5. The smallest absolute Gasteiger partial charge is 0.146 e. The van der Waals surface area contributed by atoms with Crippen molar-refractivity contribution in [2.45, 2.75) is 37.8 Å². The zero-order chi connectivity index (χ0) is 12.6. The fraction of sp³-hybridized carbons (Fsp3) is 0.583. The molecule has 2 unspecified atom stereocenters. The summed E-state index contributed by atoms with van der Waals surface area (Å²) in [6.07, 6.45) is 1.62. The molecule has 2 N–H and O–H groups in total. The van der Waals surface area contributed by atoms with Crippen LogP contribution in [-0.2, 0) is 0 Å². The van der Waals surface area contributed by atoms with Crippen LogP contribution in [0.1, 0.15) is 31.9 Å². The van der Waals surface area contributed by atoms with Gasteiger partial charge in [-0.15, -0.1) is 0 Å². The maximum atomic E-state index is 13.9. The highest BCUT2D eigenvalue weighted by atomic mass is 79.9. The van der Waals surface area contributed by atoms with Crippen molar-refractivity contribution in [3.63, 3.8) is 0 Å². The van der Waals surface area contributed by atoms with Gasteiger partial charge in [-0.05, 0) is 48.8 Å². The van der Waals surface area contributed by atoms with Crippen LogP contribution in [0.3, 0.4) is 0 Å². The zero-order valence-electron chi connectivity index (χ0n) is 9.87. The molecule has 1 fully saturated rings. The number of hydrogen-bond donors (Lipinski definition) is 2. The van der Waals surface area contributed by atoms with Gasteiger partial charge in [0.2, 0.25) is 0 Å². The van der Waals surface area contributed by atoms with Gasteiger partial charge in [0.15, 0.2) is 0 Å². The fourth-order valence-electron chi connectivity index (χ4n) is 2.48. The number of hydrogen-bond acceptors (Lipinski definition) is 3. The van der Waals surface area contributed by atoms with E-state index in [1.165, 1.54) is 6.07 Å². The molecule has 1 aliphatic rings. The van der Waals surface area contributed by atoms with Crippen molar-refractivity contribution in [1.29, 1.82) is 0 Å². The molecule has 2 rings (SSSR count). The van der Waals surface area contributed by atoms with Gasteiger partial charge in [0, 0.05) is 22.1 Å². The second kappa shape index (κ2) is 4.63. The number of pyridine rings is 1. The van der Waals surface area contributed by atoms with Crippen LogP contribution in [0.5, 0.6) is 0 Å². The highest BCUT2D eigenvalue weighted by Gasteiger charge is 2.41. The SMILES string of the molecule is CC1(C)NCCC(O)C1c1ncc(Br)cc1F. The van der Waals surface area contributed by atoms with Crippen molar-refractivity contribution in [1.82, 2.24) is 10.3 Å². The Balaban J connectivity index is 2.42. The van der Waals surface area contributed by atoms with Gasteiger partial charge in [0.05, 0.1) is 11.8 Å². The molecule has 0 bridgehead atoms. The average Bonchev–Trinajstić information content (AvgIpc) is 2.20. The van der Waals surface area contributed by atoms with E-state index in [4.69, 9.17) is 0 Å². The molecule has 0 spiro atoms. The van der Waals surface area contributed by atoms with E-state index < -0.39 is 6.10 Å². The molecule has 5 heteroatoms. The van der Waals surface area contributed by atoms with Gasteiger partial charge in [0.25, 0.3) is 0 Å². The van der Waals surface area contributed by atoms with Crippen molar-refractivity contribution in [2.24, 2.45) is 0 Å². The molecule has 0 aliphatic carbocycles. The predicted molar refractivity (Wildman–Crippen MR) is 67.3 cm³/mol. The van der Waals surface area contributed by atoms with Gasteiger partial charge in [0.1, 0.15) is 5.82 Å². The van der Waals surface area contributed by atoms with Gasteiger partial charge < -0.3 is 10.4 Å². The number of nitrogens with zero attached hydrogens (tertiary/aromatic N) is 1. The Morgan fingerprint density at radius 1 is 1.59 bits per heavy atom. The summed E-state index contributed by atoms with van der Waals surface area (Å²) in [6, 6.07) is 1.39. The summed E-state index contributed by atoms with van der Waals surface area (Å²) in [5.41, 5.74) is -0.0304. The lowest BCUT2D eigenvalue weighted by atomic mass is 9.76. The third-order valence-corrected chi connectivity index (χ3v) is 3.75. The number of aromatic nitrogens is 1. The van der Waals surface area contributed by atoms with E-state index >= 15 is 0 Å². The van der Waals surface area contributed by atoms with Gasteiger partial charge in [-0.1, -0.05) is 0 Å². The highest BCUT2D eigenvalue weighted by molar-refractivity contribution is 9.10. The van der Waals surface area contributed by atoms with Gasteiger partial charge in [-0.25, -0.2) is 4.39 Å². The molecule has 0 aromatic carbocycles. The molecular weight excluding hydrogens is 287 g/mol. The van der Waals surface area contributed by atoms with Crippen LogP contribution < -0.4 is 5.32 Å². The average molecular weight is 303 g/mol. The molecule has 0 saturated carbocycles. The zero-order valence-corrected chi connectivity index (χ0v) is 11.5. The first-order chi connectivity index (χ1) is 7.92. The summed E-state index contributed by atoms with van der Waals surface area (Å²) >= 11 is 3.18. The molecule has 94 valence electrons. The van der Waals surface area contributed by atoms with E-state index in [-0.39, 0.29) is 17.3 Å². The minimum absolute atomic E-state index is 0.329. The Kier molecular flexibility index (Phi) is 3.52. The monoisotopic (exact) mass is 302 g/mol. The largest absolute Gasteiger partial charge is 0.392 e. The third-order valence-electron chi connectivity index (χ3n) is 3.31. The van der Waals surface area contributed by atoms with Crippen LogP contribution in [0.2, 0.25) is 0 Å². The maximum Gasteiger partial charge on any atom is 0.146 e. The molecule has 1 aliphatic heterocycles. The molecule has 2 atom stereocenters. The minimum Gasteiger partial charge on any atom is -0.392 e. The number of aliphatic hydroxyl groups is 1. The molecule has 0 amide bonds. The van der Waals surface area contributed by atoms with E-state index in [1.54, 1.807) is 6.20 Å². The van der Waals surface area contributed by atoms with Crippen molar-refractivity contribution < 1.29 is 9.50 Å². The van der Waals surface area contributed by atoms with Crippen LogP contribution in [0.15, 0.2) is 16.7 Å². The molecule has 0 radical (unpaired) electrons. The molecular formula is C12H16BrFN2O. The Morgan fingerprint density at radius 2 is 2.29 bits per heavy atom. The first-order valence-corrected chi connectivity index (χ1v) is 6.45. The third kappa shape index (κ3) is 2.51. The molecule has 1 aromatic rings. The maximum absolute atomic E-state index is 13.9. The topological polar surface area (TPSA) is 45.1 Å². The van der Waals surface area contributed by atoms with E-state index in [0.29, 0.717) is 16.6 Å². The Labute approximate surface area is 109 Å². The number of piperidine rings is 1. The van der Waals surface area contributed by atoms with Gasteiger partial charge in [-0.2, -0.15) is 0 Å². The van der Waals surface area contributed by atoms with Gasteiger partial charge >= 0.3 is 0 Å². The van der Waals surface area contributed by atoms with Crippen molar-refractivity contribution >= 4 is 15.9 Å². The molecule has 3 nitrogen and oxygen atoms in total. The van der Waals surface area contributed by atoms with Crippen molar-refractivity contribution in [3.8, 4) is 0 Å².